The highest BCUT2D eigenvalue weighted by atomic mass is 16.2. The summed E-state index contributed by atoms with van der Waals surface area (Å²) in [6.07, 6.45) is 0.661. The zero-order valence-electron chi connectivity index (χ0n) is 7.69. The first kappa shape index (κ1) is 9.98. The molecule has 5 nitrogen and oxygen atoms in total. The van der Waals surface area contributed by atoms with E-state index in [0.29, 0.717) is 19.5 Å². The summed E-state index contributed by atoms with van der Waals surface area (Å²) >= 11 is 0. The van der Waals surface area contributed by atoms with Gasteiger partial charge in [-0.05, 0) is 13.3 Å². The first-order chi connectivity index (χ1) is 6.02. The van der Waals surface area contributed by atoms with Crippen molar-refractivity contribution in [1.82, 2.24) is 4.90 Å². The predicted octanol–water partition coefficient (Wildman–Crippen LogP) is -1.33. The highest BCUT2D eigenvalue weighted by Gasteiger charge is 2.30. The Morgan fingerprint density at radius 1 is 1.54 bits per heavy atom. The fourth-order valence-corrected chi connectivity index (χ4v) is 1.48. The van der Waals surface area contributed by atoms with Crippen molar-refractivity contribution < 1.29 is 9.59 Å². The van der Waals surface area contributed by atoms with E-state index in [9.17, 15) is 9.59 Å². The number of likely N-dealkylation sites (tertiary alicyclic amines) is 1. The molecule has 0 radical (unpaired) electrons. The topological polar surface area (TPSA) is 89.4 Å². The molecule has 13 heavy (non-hydrogen) atoms. The van der Waals surface area contributed by atoms with Crippen LogP contribution in [0.4, 0.5) is 0 Å². The number of amides is 2. The second-order valence-electron chi connectivity index (χ2n) is 3.46. The Morgan fingerprint density at radius 2 is 2.15 bits per heavy atom. The molecule has 0 aromatic carbocycles. The summed E-state index contributed by atoms with van der Waals surface area (Å²) in [6, 6.07) is -0.494. The van der Waals surface area contributed by atoms with Gasteiger partial charge in [-0.25, -0.2) is 0 Å². The van der Waals surface area contributed by atoms with Gasteiger partial charge in [0.15, 0.2) is 0 Å². The Kier molecular flexibility index (Phi) is 2.87. The van der Waals surface area contributed by atoms with Crippen molar-refractivity contribution in [2.75, 3.05) is 13.1 Å². The molecule has 0 saturated carbocycles. The van der Waals surface area contributed by atoms with E-state index in [-0.39, 0.29) is 17.7 Å². The Hall–Kier alpha value is -1.10. The van der Waals surface area contributed by atoms with Crippen molar-refractivity contribution >= 4 is 11.8 Å². The van der Waals surface area contributed by atoms with Crippen LogP contribution in [0.1, 0.15) is 13.3 Å². The van der Waals surface area contributed by atoms with Crippen LogP contribution in [0, 0.1) is 5.92 Å². The Bertz CT molecular complexity index is 227. The summed E-state index contributed by atoms with van der Waals surface area (Å²) in [5, 5.41) is 0. The molecule has 1 fully saturated rings. The maximum absolute atomic E-state index is 11.4. The fourth-order valence-electron chi connectivity index (χ4n) is 1.48. The number of hydrogen-bond acceptors (Lipinski definition) is 3. The first-order valence-corrected chi connectivity index (χ1v) is 4.36. The van der Waals surface area contributed by atoms with Gasteiger partial charge in [0.25, 0.3) is 0 Å². The number of rotatable bonds is 2. The van der Waals surface area contributed by atoms with Crippen molar-refractivity contribution in [2.45, 2.75) is 19.4 Å². The van der Waals surface area contributed by atoms with Crippen LogP contribution in [0.5, 0.6) is 0 Å². The van der Waals surface area contributed by atoms with Crippen LogP contribution in [0.3, 0.4) is 0 Å². The van der Waals surface area contributed by atoms with Gasteiger partial charge >= 0.3 is 0 Å². The molecule has 2 amide bonds. The summed E-state index contributed by atoms with van der Waals surface area (Å²) in [6.45, 7) is 2.66. The molecule has 1 aliphatic rings. The average molecular weight is 185 g/mol. The number of nitrogens with zero attached hydrogens (tertiary/aromatic N) is 1. The Balaban J connectivity index is 2.50. The normalized spacial score (nSPS) is 24.5. The van der Waals surface area contributed by atoms with Crippen molar-refractivity contribution in [3.05, 3.63) is 0 Å². The quantitative estimate of drug-likeness (QED) is 0.558. The maximum Gasteiger partial charge on any atom is 0.239 e. The lowest BCUT2D eigenvalue weighted by atomic mass is 10.1. The second-order valence-corrected chi connectivity index (χ2v) is 3.46. The van der Waals surface area contributed by atoms with E-state index in [1.807, 2.05) is 0 Å². The maximum atomic E-state index is 11.4. The molecule has 0 spiro atoms. The number of primary amides is 1. The molecule has 0 aliphatic carbocycles. The second kappa shape index (κ2) is 3.74. The van der Waals surface area contributed by atoms with E-state index < -0.39 is 6.04 Å². The van der Waals surface area contributed by atoms with Gasteiger partial charge in [-0.2, -0.15) is 0 Å². The lowest BCUT2D eigenvalue weighted by molar-refractivity contribution is -0.131. The summed E-state index contributed by atoms with van der Waals surface area (Å²) in [4.78, 5) is 23.8. The zero-order valence-corrected chi connectivity index (χ0v) is 7.69. The van der Waals surface area contributed by atoms with E-state index in [2.05, 4.69) is 0 Å². The standard InChI is InChI=1S/C8H15N3O2/c1-5(9)8(13)11-3-2-6(4-11)7(10)12/h5-6H,2-4,9H2,1H3,(H2,10,12)/t5-,6?/m0/s1. The highest BCUT2D eigenvalue weighted by molar-refractivity contribution is 5.83. The molecule has 5 heteroatoms. The molecular formula is C8H15N3O2. The smallest absolute Gasteiger partial charge is 0.239 e. The minimum atomic E-state index is -0.494. The fraction of sp³-hybridized carbons (Fsp3) is 0.750. The van der Waals surface area contributed by atoms with Gasteiger partial charge in [-0.1, -0.05) is 0 Å². The first-order valence-electron chi connectivity index (χ1n) is 4.36. The Labute approximate surface area is 77.1 Å². The van der Waals surface area contributed by atoms with Crippen LogP contribution in [0.25, 0.3) is 0 Å². The third-order valence-electron chi connectivity index (χ3n) is 2.29. The molecule has 1 unspecified atom stereocenters. The number of hydrogen-bond donors (Lipinski definition) is 2. The summed E-state index contributed by atoms with van der Waals surface area (Å²) in [5.74, 6) is -0.633. The summed E-state index contributed by atoms with van der Waals surface area (Å²) in [7, 11) is 0. The van der Waals surface area contributed by atoms with Crippen LogP contribution in [-0.2, 0) is 9.59 Å². The van der Waals surface area contributed by atoms with Crippen LogP contribution < -0.4 is 11.5 Å². The zero-order chi connectivity index (χ0) is 10.0. The SMILES string of the molecule is C[C@H](N)C(=O)N1CCC(C(N)=O)C1. The minimum absolute atomic E-state index is 0.108. The van der Waals surface area contributed by atoms with Crippen LogP contribution in [-0.4, -0.2) is 35.8 Å². The number of carbonyl (C=O) groups is 2. The lowest BCUT2D eigenvalue weighted by Crippen LogP contribution is -2.41. The van der Waals surface area contributed by atoms with E-state index in [1.54, 1.807) is 11.8 Å². The molecule has 0 aromatic heterocycles. The molecule has 1 saturated heterocycles. The van der Waals surface area contributed by atoms with Crippen molar-refractivity contribution in [3.63, 3.8) is 0 Å². The summed E-state index contributed by atoms with van der Waals surface area (Å²) in [5.41, 5.74) is 10.6. The third kappa shape index (κ3) is 2.18. The van der Waals surface area contributed by atoms with Crippen molar-refractivity contribution in [3.8, 4) is 0 Å². The molecule has 0 bridgehead atoms. The number of nitrogens with two attached hydrogens (primary N) is 2. The van der Waals surface area contributed by atoms with Gasteiger partial charge in [0.05, 0.1) is 12.0 Å². The molecule has 74 valence electrons. The van der Waals surface area contributed by atoms with Gasteiger partial charge in [-0.15, -0.1) is 0 Å². The third-order valence-corrected chi connectivity index (χ3v) is 2.29. The molecule has 1 rings (SSSR count). The minimum Gasteiger partial charge on any atom is -0.369 e. The molecule has 0 aromatic rings. The van der Waals surface area contributed by atoms with Crippen LogP contribution >= 0.6 is 0 Å². The predicted molar refractivity (Wildman–Crippen MR) is 47.5 cm³/mol. The number of carbonyl (C=O) groups excluding carboxylic acids is 2. The van der Waals surface area contributed by atoms with E-state index in [0.717, 1.165) is 0 Å². The average Bonchev–Trinajstić information content (AvgIpc) is 2.50. The van der Waals surface area contributed by atoms with Gasteiger partial charge in [0, 0.05) is 13.1 Å². The van der Waals surface area contributed by atoms with Gasteiger partial charge in [0.1, 0.15) is 0 Å². The molecule has 1 heterocycles. The van der Waals surface area contributed by atoms with E-state index in [4.69, 9.17) is 11.5 Å². The Morgan fingerprint density at radius 3 is 2.54 bits per heavy atom. The summed E-state index contributed by atoms with van der Waals surface area (Å²) < 4.78 is 0. The van der Waals surface area contributed by atoms with Gasteiger partial charge in [0.2, 0.25) is 11.8 Å². The monoisotopic (exact) mass is 185 g/mol. The van der Waals surface area contributed by atoms with Crippen LogP contribution in [0.15, 0.2) is 0 Å². The van der Waals surface area contributed by atoms with Crippen molar-refractivity contribution in [2.24, 2.45) is 17.4 Å². The van der Waals surface area contributed by atoms with E-state index in [1.165, 1.54) is 0 Å². The largest absolute Gasteiger partial charge is 0.369 e. The van der Waals surface area contributed by atoms with E-state index >= 15 is 0 Å². The molecular weight excluding hydrogens is 170 g/mol. The molecule has 2 atom stereocenters. The molecule has 4 N–H and O–H groups in total. The van der Waals surface area contributed by atoms with Gasteiger partial charge in [-0.3, -0.25) is 9.59 Å². The highest BCUT2D eigenvalue weighted by Crippen LogP contribution is 2.15. The molecule has 1 aliphatic heterocycles. The van der Waals surface area contributed by atoms with Gasteiger partial charge < -0.3 is 16.4 Å². The lowest BCUT2D eigenvalue weighted by Gasteiger charge is -2.17. The van der Waals surface area contributed by atoms with Crippen LogP contribution in [0.2, 0.25) is 0 Å². The van der Waals surface area contributed by atoms with Crippen molar-refractivity contribution in [1.29, 1.82) is 0 Å².